The number of fused-ring (bicyclic) bond motifs is 1. The van der Waals surface area contributed by atoms with Gasteiger partial charge in [-0.15, -0.1) is 10.2 Å². The van der Waals surface area contributed by atoms with Crippen LogP contribution in [-0.2, 0) is 16.8 Å². The van der Waals surface area contributed by atoms with Crippen molar-refractivity contribution in [1.29, 1.82) is 0 Å². The maximum atomic E-state index is 13.5. The van der Waals surface area contributed by atoms with Gasteiger partial charge in [0.1, 0.15) is 17.3 Å². The number of hydrogen-bond acceptors (Lipinski definition) is 7. The number of halogens is 3. The van der Waals surface area contributed by atoms with E-state index in [0.29, 0.717) is 47.2 Å². The molecular formula is C24H18Cl2FN3O5. The number of aromatic nitrogens is 2. The number of ether oxygens (including phenoxy) is 2. The number of Topliss-reactive ketones (excluding diaryl/α,β-unsaturated/α-hetero) is 1. The van der Waals surface area contributed by atoms with Crippen LogP contribution in [0.3, 0.4) is 0 Å². The number of amides is 1. The van der Waals surface area contributed by atoms with Crippen molar-refractivity contribution in [3.05, 3.63) is 69.6 Å². The largest absolute Gasteiger partial charge is 0.484 e. The van der Waals surface area contributed by atoms with Crippen molar-refractivity contribution >= 4 is 34.9 Å². The van der Waals surface area contributed by atoms with E-state index in [4.69, 9.17) is 37.1 Å². The van der Waals surface area contributed by atoms with E-state index in [1.807, 2.05) is 0 Å². The van der Waals surface area contributed by atoms with Crippen molar-refractivity contribution in [1.82, 2.24) is 15.5 Å². The van der Waals surface area contributed by atoms with Crippen LogP contribution in [0.2, 0.25) is 10.0 Å². The summed E-state index contributed by atoms with van der Waals surface area (Å²) in [5, 5.41) is 11.7. The summed E-state index contributed by atoms with van der Waals surface area (Å²) in [6, 6.07) is 8.92. The van der Waals surface area contributed by atoms with Gasteiger partial charge in [0.15, 0.2) is 18.5 Å². The summed E-state index contributed by atoms with van der Waals surface area (Å²) in [6.45, 7) is -0.00817. The van der Waals surface area contributed by atoms with Crippen LogP contribution in [0.1, 0.15) is 47.8 Å². The van der Waals surface area contributed by atoms with Gasteiger partial charge in [-0.25, -0.2) is 4.39 Å². The molecule has 0 saturated heterocycles. The number of nitrogens with zero attached hydrogens (tertiary/aromatic N) is 2. The molecule has 1 N–H and O–H groups in total. The number of ketones is 1. The van der Waals surface area contributed by atoms with Crippen LogP contribution in [0.4, 0.5) is 4.39 Å². The highest BCUT2D eigenvalue weighted by Gasteiger charge is 2.72. The first-order valence-corrected chi connectivity index (χ1v) is 11.7. The van der Waals surface area contributed by atoms with Gasteiger partial charge >= 0.3 is 0 Å². The highest BCUT2D eigenvalue weighted by Crippen LogP contribution is 2.67. The summed E-state index contributed by atoms with van der Waals surface area (Å²) in [5.74, 6) is 0.352. The maximum Gasteiger partial charge on any atom is 0.261 e. The fraction of sp³-hybridized carbons (Fsp3) is 0.333. The molecule has 3 aromatic rings. The normalized spacial score (nSPS) is 26.1. The SMILES string of the molecule is O=C1C[C@@H](C(=O)NC23CC(c4nnc(COc5ccc(Cl)c(F)c5)o4)(C2)C3)Oc2ccc(Cl)cc21. The Morgan fingerprint density at radius 1 is 1.17 bits per heavy atom. The lowest BCUT2D eigenvalue weighted by Crippen LogP contribution is -2.77. The van der Waals surface area contributed by atoms with Crippen LogP contribution in [-0.4, -0.2) is 33.5 Å². The van der Waals surface area contributed by atoms with E-state index in [1.165, 1.54) is 12.1 Å². The van der Waals surface area contributed by atoms with E-state index in [-0.39, 0.29) is 46.6 Å². The van der Waals surface area contributed by atoms with Crippen molar-refractivity contribution in [3.8, 4) is 11.5 Å². The molecule has 3 aliphatic carbocycles. The minimum absolute atomic E-state index is 0.00817. The molecule has 3 saturated carbocycles. The van der Waals surface area contributed by atoms with Crippen molar-refractivity contribution in [2.24, 2.45) is 0 Å². The molecule has 11 heteroatoms. The summed E-state index contributed by atoms with van der Waals surface area (Å²) in [4.78, 5) is 25.3. The van der Waals surface area contributed by atoms with Crippen molar-refractivity contribution in [3.63, 3.8) is 0 Å². The van der Waals surface area contributed by atoms with Gasteiger partial charge in [0.05, 0.1) is 22.4 Å². The molecule has 1 atom stereocenters. The van der Waals surface area contributed by atoms with Crippen LogP contribution in [0, 0.1) is 5.82 Å². The molecular weight excluding hydrogens is 500 g/mol. The van der Waals surface area contributed by atoms with Gasteiger partial charge < -0.3 is 19.2 Å². The molecule has 8 nitrogen and oxygen atoms in total. The third kappa shape index (κ3) is 3.83. The fourth-order valence-electron chi connectivity index (χ4n) is 5.17. The zero-order chi connectivity index (χ0) is 24.4. The molecule has 0 spiro atoms. The lowest BCUT2D eigenvalue weighted by Gasteiger charge is -2.68. The fourth-order valence-corrected chi connectivity index (χ4v) is 5.46. The van der Waals surface area contributed by atoms with Crippen molar-refractivity contribution < 1.29 is 27.9 Å². The van der Waals surface area contributed by atoms with Gasteiger partial charge in [0, 0.05) is 16.6 Å². The lowest BCUT2D eigenvalue weighted by atomic mass is 9.39. The average molecular weight is 518 g/mol. The number of nitrogens with one attached hydrogen (secondary N) is 1. The monoisotopic (exact) mass is 517 g/mol. The molecule has 7 rings (SSSR count). The van der Waals surface area contributed by atoms with Gasteiger partial charge in [-0.3, -0.25) is 9.59 Å². The molecule has 180 valence electrons. The Labute approximate surface area is 208 Å². The number of carbonyl (C=O) groups excluding carboxylic acids is 2. The molecule has 1 aromatic heterocycles. The second-order valence-electron chi connectivity index (χ2n) is 9.32. The number of carbonyl (C=O) groups is 2. The van der Waals surface area contributed by atoms with Gasteiger partial charge in [-0.05, 0) is 49.6 Å². The zero-order valence-electron chi connectivity index (χ0n) is 18.1. The molecule has 1 amide bonds. The molecule has 0 unspecified atom stereocenters. The quantitative estimate of drug-likeness (QED) is 0.516. The van der Waals surface area contributed by atoms with Crippen LogP contribution in [0.5, 0.6) is 11.5 Å². The van der Waals surface area contributed by atoms with E-state index < -0.39 is 11.9 Å². The molecule has 2 bridgehead atoms. The lowest BCUT2D eigenvalue weighted by molar-refractivity contribution is -0.148. The zero-order valence-corrected chi connectivity index (χ0v) is 19.7. The van der Waals surface area contributed by atoms with Crippen molar-refractivity contribution in [2.45, 2.75) is 49.3 Å². The van der Waals surface area contributed by atoms with Gasteiger partial charge in [0.25, 0.3) is 11.8 Å². The minimum Gasteiger partial charge on any atom is -0.484 e. The average Bonchev–Trinajstić information content (AvgIpc) is 3.25. The van der Waals surface area contributed by atoms with Gasteiger partial charge in [0.2, 0.25) is 5.89 Å². The van der Waals surface area contributed by atoms with E-state index in [2.05, 4.69) is 15.5 Å². The van der Waals surface area contributed by atoms with E-state index in [9.17, 15) is 14.0 Å². The number of rotatable bonds is 6. The minimum atomic E-state index is -0.883. The number of benzene rings is 2. The van der Waals surface area contributed by atoms with Crippen molar-refractivity contribution in [2.75, 3.05) is 0 Å². The van der Waals surface area contributed by atoms with Gasteiger partial charge in [-0.1, -0.05) is 23.2 Å². The first-order chi connectivity index (χ1) is 16.7. The molecule has 3 fully saturated rings. The Balaban J connectivity index is 1.04. The summed E-state index contributed by atoms with van der Waals surface area (Å²) in [5.41, 5.74) is -0.254. The molecule has 1 aliphatic heterocycles. The van der Waals surface area contributed by atoms with Crippen LogP contribution < -0.4 is 14.8 Å². The van der Waals surface area contributed by atoms with Crippen LogP contribution in [0.15, 0.2) is 40.8 Å². The number of hydrogen-bond donors (Lipinski definition) is 1. The van der Waals surface area contributed by atoms with E-state index in [1.54, 1.807) is 24.3 Å². The summed E-state index contributed by atoms with van der Waals surface area (Å²) in [7, 11) is 0. The first kappa shape index (κ1) is 22.3. The Morgan fingerprint density at radius 3 is 2.74 bits per heavy atom. The second-order valence-corrected chi connectivity index (χ2v) is 10.2. The Kier molecular flexibility index (Phi) is 5.05. The Hall–Kier alpha value is -3.17. The topological polar surface area (TPSA) is 104 Å². The molecule has 2 aromatic carbocycles. The highest BCUT2D eigenvalue weighted by atomic mass is 35.5. The predicted molar refractivity (Wildman–Crippen MR) is 121 cm³/mol. The Morgan fingerprint density at radius 2 is 1.97 bits per heavy atom. The summed E-state index contributed by atoms with van der Waals surface area (Å²) >= 11 is 11.6. The third-order valence-electron chi connectivity index (χ3n) is 6.77. The summed E-state index contributed by atoms with van der Waals surface area (Å²) < 4.78 is 30.6. The smallest absolute Gasteiger partial charge is 0.261 e. The van der Waals surface area contributed by atoms with E-state index in [0.717, 1.165) is 0 Å². The molecule has 0 radical (unpaired) electrons. The molecule has 2 heterocycles. The predicted octanol–water partition coefficient (Wildman–Crippen LogP) is 4.42. The van der Waals surface area contributed by atoms with E-state index >= 15 is 0 Å². The summed E-state index contributed by atoms with van der Waals surface area (Å²) in [6.07, 6.45) is 1.05. The van der Waals surface area contributed by atoms with Gasteiger partial charge in [-0.2, -0.15) is 0 Å². The molecule has 4 aliphatic rings. The Bertz CT molecular complexity index is 1360. The van der Waals surface area contributed by atoms with Crippen LogP contribution in [0.25, 0.3) is 0 Å². The maximum absolute atomic E-state index is 13.5. The van der Waals surface area contributed by atoms with Crippen LogP contribution >= 0.6 is 23.2 Å². The highest BCUT2D eigenvalue weighted by molar-refractivity contribution is 6.31. The second kappa shape index (κ2) is 7.93. The third-order valence-corrected chi connectivity index (χ3v) is 7.31. The first-order valence-electron chi connectivity index (χ1n) is 11.0. The standard InChI is InChI=1S/C24H18Cl2FN3O5/c25-12-1-4-18-14(5-12)17(31)7-19(34-18)21(32)28-24-9-23(10-24,11-24)22-30-29-20(35-22)8-33-13-2-3-15(26)16(27)6-13/h1-6,19H,7-11H2,(H,28,32)/t19-,23?,24?/m0/s1. The molecule has 35 heavy (non-hydrogen) atoms.